The van der Waals surface area contributed by atoms with Crippen LogP contribution in [-0.2, 0) is 26.0 Å². The Morgan fingerprint density at radius 1 is 0.976 bits per heavy atom. The van der Waals surface area contributed by atoms with Crippen LogP contribution in [0.5, 0.6) is 0 Å². The Morgan fingerprint density at radius 3 is 2.26 bits per heavy atom. The molecule has 42 heavy (non-hydrogen) atoms. The molecule has 2 aromatic carbocycles. The molecule has 2 saturated heterocycles. The van der Waals surface area contributed by atoms with Crippen LogP contribution in [0.4, 0.5) is 15.0 Å². The third kappa shape index (κ3) is 6.63. The molecule has 2 aliphatic heterocycles. The summed E-state index contributed by atoms with van der Waals surface area (Å²) in [7, 11) is -3.79. The van der Waals surface area contributed by atoms with E-state index < -0.39 is 34.0 Å². The number of rotatable bonds is 9. The van der Waals surface area contributed by atoms with Crippen LogP contribution in [0.1, 0.15) is 19.4 Å². The number of halogens is 1. The van der Waals surface area contributed by atoms with Crippen molar-refractivity contribution < 1.29 is 27.1 Å². The maximum atomic E-state index is 13.6. The topological polar surface area (TPSA) is 100 Å². The number of anilines is 1. The van der Waals surface area contributed by atoms with Crippen molar-refractivity contribution in [2.24, 2.45) is 11.8 Å². The first-order chi connectivity index (χ1) is 20.1. The quantitative estimate of drug-likeness (QED) is 0.366. The minimum atomic E-state index is -3.79. The molecule has 0 N–H and O–H groups in total. The van der Waals surface area contributed by atoms with E-state index in [2.05, 4.69) is 4.98 Å². The van der Waals surface area contributed by atoms with Crippen molar-refractivity contribution in [3.8, 4) is 11.1 Å². The van der Waals surface area contributed by atoms with Gasteiger partial charge in [-0.1, -0.05) is 56.3 Å². The van der Waals surface area contributed by atoms with Crippen LogP contribution in [0.15, 0.2) is 72.9 Å². The first kappa shape index (κ1) is 29.7. The number of amides is 2. The largest absolute Gasteiger partial charge is 0.447 e. The van der Waals surface area contributed by atoms with E-state index in [1.54, 1.807) is 32.2 Å². The molecule has 3 heterocycles. The van der Waals surface area contributed by atoms with Crippen molar-refractivity contribution in [3.05, 3.63) is 84.3 Å². The minimum absolute atomic E-state index is 0.0813. The lowest BCUT2D eigenvalue weighted by molar-refractivity contribution is -0.134. The van der Waals surface area contributed by atoms with Gasteiger partial charge in [0.2, 0.25) is 15.9 Å². The van der Waals surface area contributed by atoms with Gasteiger partial charge in [0.05, 0.1) is 17.7 Å². The second-order valence-corrected chi connectivity index (χ2v) is 13.1. The first-order valence-corrected chi connectivity index (χ1v) is 15.7. The molecule has 0 bridgehead atoms. The standard InChI is InChI=1S/C31H35FN4O5S/c1-22(2)28(30(37)36-27(20-41-31(36)38)18-23-6-4-3-5-7-23)21-42(39,40)35-16-14-34(15-17-35)29-13-10-25(19-33-29)24-8-11-26(32)12-9-24/h3-13,19,22,27-28H,14-18,20-21H2,1-2H3. The van der Waals surface area contributed by atoms with Crippen LogP contribution >= 0.6 is 0 Å². The zero-order chi connectivity index (χ0) is 29.9. The molecule has 1 aromatic heterocycles. The summed E-state index contributed by atoms with van der Waals surface area (Å²) in [4.78, 5) is 33.9. The van der Waals surface area contributed by atoms with Gasteiger partial charge in [-0.2, -0.15) is 4.31 Å². The van der Waals surface area contributed by atoms with Crippen LogP contribution < -0.4 is 4.90 Å². The summed E-state index contributed by atoms with van der Waals surface area (Å²) in [5, 5.41) is 0. The van der Waals surface area contributed by atoms with Crippen molar-refractivity contribution >= 4 is 27.8 Å². The third-order valence-corrected chi connectivity index (χ3v) is 9.84. The van der Waals surface area contributed by atoms with E-state index in [9.17, 15) is 22.4 Å². The Kier molecular flexibility index (Phi) is 8.88. The van der Waals surface area contributed by atoms with Crippen molar-refractivity contribution in [3.63, 3.8) is 0 Å². The van der Waals surface area contributed by atoms with E-state index in [4.69, 9.17) is 4.74 Å². The number of imide groups is 1. The molecule has 0 radical (unpaired) electrons. The van der Waals surface area contributed by atoms with Crippen molar-refractivity contribution in [1.82, 2.24) is 14.2 Å². The highest BCUT2D eigenvalue weighted by molar-refractivity contribution is 7.89. The molecular weight excluding hydrogens is 559 g/mol. The van der Waals surface area contributed by atoms with Crippen LogP contribution in [0.25, 0.3) is 11.1 Å². The summed E-state index contributed by atoms with van der Waals surface area (Å²) in [5.74, 6) is -1.66. The fourth-order valence-corrected chi connectivity index (χ4v) is 7.32. The third-order valence-electron chi connectivity index (χ3n) is 7.91. The maximum absolute atomic E-state index is 13.6. The lowest BCUT2D eigenvalue weighted by atomic mass is 9.95. The molecule has 2 unspecified atom stereocenters. The lowest BCUT2D eigenvalue weighted by Gasteiger charge is -2.36. The summed E-state index contributed by atoms with van der Waals surface area (Å²) in [6.45, 7) is 5.07. The van der Waals surface area contributed by atoms with Gasteiger partial charge in [-0.3, -0.25) is 4.79 Å². The van der Waals surface area contributed by atoms with Crippen molar-refractivity contribution in [2.45, 2.75) is 26.3 Å². The van der Waals surface area contributed by atoms with Gasteiger partial charge < -0.3 is 9.64 Å². The Morgan fingerprint density at radius 2 is 1.64 bits per heavy atom. The summed E-state index contributed by atoms with van der Waals surface area (Å²) in [6.07, 6.45) is 1.44. The highest BCUT2D eigenvalue weighted by atomic mass is 32.2. The first-order valence-electron chi connectivity index (χ1n) is 14.1. The zero-order valence-electron chi connectivity index (χ0n) is 23.7. The number of piperazine rings is 1. The van der Waals surface area contributed by atoms with E-state index in [1.165, 1.54) is 16.4 Å². The Bertz CT molecular complexity index is 1490. The van der Waals surface area contributed by atoms with E-state index in [0.717, 1.165) is 27.4 Å². The molecule has 2 atom stereocenters. The second-order valence-electron chi connectivity index (χ2n) is 11.1. The van der Waals surface area contributed by atoms with Gasteiger partial charge >= 0.3 is 6.09 Å². The average Bonchev–Trinajstić information content (AvgIpc) is 3.36. The second kappa shape index (κ2) is 12.6. The highest BCUT2D eigenvalue weighted by Crippen LogP contribution is 2.27. The Hall–Kier alpha value is -3.83. The zero-order valence-corrected chi connectivity index (χ0v) is 24.5. The number of nitrogens with zero attached hydrogens (tertiary/aromatic N) is 4. The monoisotopic (exact) mass is 594 g/mol. The van der Waals surface area contributed by atoms with Gasteiger partial charge in [-0.15, -0.1) is 0 Å². The predicted molar refractivity (Wildman–Crippen MR) is 158 cm³/mol. The number of carbonyl (C=O) groups is 2. The molecule has 222 valence electrons. The molecule has 2 amide bonds. The van der Waals surface area contributed by atoms with Crippen LogP contribution in [0.3, 0.4) is 0 Å². The van der Waals surface area contributed by atoms with Crippen LogP contribution in [0, 0.1) is 17.7 Å². The Balaban J connectivity index is 1.22. The predicted octanol–water partition coefficient (Wildman–Crippen LogP) is 4.20. The molecular formula is C31H35FN4O5S. The number of hydrogen-bond acceptors (Lipinski definition) is 7. The van der Waals surface area contributed by atoms with Gasteiger partial charge in [-0.05, 0) is 47.7 Å². The van der Waals surface area contributed by atoms with Crippen LogP contribution in [0.2, 0.25) is 0 Å². The van der Waals surface area contributed by atoms with Gasteiger partial charge in [0, 0.05) is 37.9 Å². The van der Waals surface area contributed by atoms with Gasteiger partial charge in [-0.25, -0.2) is 27.5 Å². The fourth-order valence-electron chi connectivity index (χ4n) is 5.41. The molecule has 3 aromatic rings. The number of pyridine rings is 1. The smallest absolute Gasteiger partial charge is 0.416 e. The Labute approximate surface area is 246 Å². The average molecular weight is 595 g/mol. The maximum Gasteiger partial charge on any atom is 0.416 e. The van der Waals surface area contributed by atoms with Gasteiger partial charge in [0.15, 0.2) is 0 Å². The molecule has 0 aliphatic carbocycles. The normalized spacial score (nSPS) is 18.8. The number of benzene rings is 2. The van der Waals surface area contributed by atoms with E-state index >= 15 is 0 Å². The minimum Gasteiger partial charge on any atom is -0.447 e. The van der Waals surface area contributed by atoms with Crippen LogP contribution in [-0.4, -0.2) is 79.2 Å². The molecule has 2 aliphatic rings. The number of carbonyl (C=O) groups excluding carboxylic acids is 2. The number of aromatic nitrogens is 1. The molecule has 0 saturated carbocycles. The highest BCUT2D eigenvalue weighted by Gasteiger charge is 2.43. The molecule has 0 spiro atoms. The fraction of sp³-hybridized carbons (Fsp3) is 0.387. The van der Waals surface area contributed by atoms with Gasteiger partial charge in [0.1, 0.15) is 18.2 Å². The summed E-state index contributed by atoms with van der Waals surface area (Å²) in [5.41, 5.74) is 2.68. The summed E-state index contributed by atoms with van der Waals surface area (Å²) >= 11 is 0. The SMILES string of the molecule is CC(C)C(CS(=O)(=O)N1CCN(c2ccc(-c3ccc(F)cc3)cn2)CC1)C(=O)N1C(=O)OCC1Cc1ccccc1. The molecule has 5 rings (SSSR count). The van der Waals surface area contributed by atoms with Gasteiger partial charge in [0.25, 0.3) is 0 Å². The number of sulfonamides is 1. The molecule has 11 heteroatoms. The van der Waals surface area contributed by atoms with E-state index in [1.807, 2.05) is 47.4 Å². The van der Waals surface area contributed by atoms with Crippen molar-refractivity contribution in [2.75, 3.05) is 43.4 Å². The van der Waals surface area contributed by atoms with E-state index in [0.29, 0.717) is 19.5 Å². The number of ether oxygens (including phenoxy) is 1. The number of hydrogen-bond donors (Lipinski definition) is 0. The summed E-state index contributed by atoms with van der Waals surface area (Å²) < 4.78 is 46.9. The number of cyclic esters (lactones) is 1. The molecule has 9 nitrogen and oxygen atoms in total. The summed E-state index contributed by atoms with van der Waals surface area (Å²) in [6, 6.07) is 19.0. The molecule has 2 fully saturated rings. The lowest BCUT2D eigenvalue weighted by Crippen LogP contribution is -2.52. The van der Waals surface area contributed by atoms with E-state index in [-0.39, 0.29) is 37.2 Å². The van der Waals surface area contributed by atoms with Crippen molar-refractivity contribution in [1.29, 1.82) is 0 Å².